The van der Waals surface area contributed by atoms with Crippen molar-refractivity contribution in [3.05, 3.63) is 47.3 Å². The molecule has 2 amide bonds. The summed E-state index contributed by atoms with van der Waals surface area (Å²) in [5.74, 6) is 0.0818. The zero-order valence-electron chi connectivity index (χ0n) is 16.8. The van der Waals surface area contributed by atoms with Crippen molar-refractivity contribution in [2.75, 3.05) is 11.4 Å². The number of hydrogen-bond acceptors (Lipinski definition) is 3. The maximum Gasteiger partial charge on any atom is 0.227 e. The molecule has 1 aromatic heterocycles. The molecule has 2 aromatic rings. The molecule has 1 N–H and O–H groups in total. The zero-order chi connectivity index (χ0) is 19.8. The summed E-state index contributed by atoms with van der Waals surface area (Å²) in [7, 11) is 1.95. The second-order valence-electron chi connectivity index (χ2n) is 8.28. The van der Waals surface area contributed by atoms with Crippen LogP contribution in [0.2, 0.25) is 0 Å². The van der Waals surface area contributed by atoms with Gasteiger partial charge in [0.25, 0.3) is 0 Å². The number of nitrogens with zero attached hydrogens (tertiary/aromatic N) is 3. The molecule has 6 nitrogen and oxygen atoms in total. The van der Waals surface area contributed by atoms with E-state index in [1.807, 2.05) is 30.1 Å². The Morgan fingerprint density at radius 3 is 2.93 bits per heavy atom. The molecule has 0 radical (unpaired) electrons. The number of hydrogen-bond donors (Lipinski definition) is 1. The van der Waals surface area contributed by atoms with Gasteiger partial charge in [0, 0.05) is 37.0 Å². The number of carbonyl (C=O) groups is 2. The highest BCUT2D eigenvalue weighted by Crippen LogP contribution is 2.31. The first kappa shape index (κ1) is 18.7. The van der Waals surface area contributed by atoms with Crippen LogP contribution < -0.4 is 10.2 Å². The highest BCUT2D eigenvalue weighted by Gasteiger charge is 2.36. The van der Waals surface area contributed by atoms with Gasteiger partial charge in [-0.2, -0.15) is 5.10 Å². The van der Waals surface area contributed by atoms with E-state index in [0.29, 0.717) is 12.5 Å². The Bertz CT molecular complexity index is 902. The monoisotopic (exact) mass is 380 g/mol. The van der Waals surface area contributed by atoms with Gasteiger partial charge in [0.2, 0.25) is 11.8 Å². The van der Waals surface area contributed by atoms with E-state index in [4.69, 9.17) is 0 Å². The Balaban J connectivity index is 1.46. The van der Waals surface area contributed by atoms with Gasteiger partial charge in [-0.15, -0.1) is 0 Å². The van der Waals surface area contributed by atoms with E-state index in [0.717, 1.165) is 30.5 Å². The van der Waals surface area contributed by atoms with Gasteiger partial charge in [-0.05, 0) is 42.9 Å². The zero-order valence-corrected chi connectivity index (χ0v) is 16.8. The molecule has 1 aromatic carbocycles. The van der Waals surface area contributed by atoms with Gasteiger partial charge in [0.05, 0.1) is 18.2 Å². The lowest BCUT2D eigenvalue weighted by Gasteiger charge is -2.25. The minimum atomic E-state index is -0.308. The largest absolute Gasteiger partial charge is 0.349 e. The number of rotatable bonds is 4. The third-order valence-electron chi connectivity index (χ3n) is 6.04. The minimum Gasteiger partial charge on any atom is -0.349 e. The SMILES string of the molecule is CC(C)c1cccc(N2CC(C(=O)NC3CCCc4c3cnn4C)CC2=O)c1. The maximum atomic E-state index is 12.9. The molecular weight excluding hydrogens is 352 g/mol. The van der Waals surface area contributed by atoms with Crippen LogP contribution in [0.4, 0.5) is 5.69 Å². The third-order valence-corrected chi connectivity index (χ3v) is 6.04. The van der Waals surface area contributed by atoms with Crippen molar-refractivity contribution in [3.8, 4) is 0 Å². The molecule has 4 rings (SSSR count). The van der Waals surface area contributed by atoms with Gasteiger partial charge >= 0.3 is 0 Å². The van der Waals surface area contributed by atoms with Crippen LogP contribution in [0.1, 0.15) is 61.9 Å². The summed E-state index contributed by atoms with van der Waals surface area (Å²) >= 11 is 0. The second kappa shape index (κ2) is 7.41. The summed E-state index contributed by atoms with van der Waals surface area (Å²) in [6, 6.07) is 8.07. The first-order valence-corrected chi connectivity index (χ1v) is 10.2. The van der Waals surface area contributed by atoms with Crippen LogP contribution in [0, 0.1) is 5.92 Å². The van der Waals surface area contributed by atoms with Crippen LogP contribution >= 0.6 is 0 Å². The van der Waals surface area contributed by atoms with Crippen molar-refractivity contribution >= 4 is 17.5 Å². The lowest BCUT2D eigenvalue weighted by Crippen LogP contribution is -2.36. The van der Waals surface area contributed by atoms with E-state index in [-0.39, 0.29) is 30.2 Å². The summed E-state index contributed by atoms with van der Waals surface area (Å²) in [4.78, 5) is 27.3. The van der Waals surface area contributed by atoms with Gasteiger partial charge in [-0.25, -0.2) is 0 Å². The average Bonchev–Trinajstić information content (AvgIpc) is 3.26. The topological polar surface area (TPSA) is 67.2 Å². The van der Waals surface area contributed by atoms with Crippen LogP contribution in [0.3, 0.4) is 0 Å². The summed E-state index contributed by atoms with van der Waals surface area (Å²) in [5, 5.41) is 7.52. The standard InChI is InChI=1S/C22H28N4O2/c1-14(2)15-6-4-7-17(10-15)26-13-16(11-21(26)27)22(28)24-19-8-5-9-20-18(19)12-23-25(20)3/h4,6-7,10,12,14,16,19H,5,8-9,11,13H2,1-3H3,(H,24,28). The number of anilines is 1. The lowest BCUT2D eigenvalue weighted by atomic mass is 9.92. The fraction of sp³-hybridized carbons (Fsp3) is 0.500. The van der Waals surface area contributed by atoms with E-state index in [2.05, 4.69) is 36.4 Å². The number of benzene rings is 1. The van der Waals surface area contributed by atoms with E-state index >= 15 is 0 Å². The van der Waals surface area contributed by atoms with E-state index < -0.39 is 0 Å². The lowest BCUT2D eigenvalue weighted by molar-refractivity contribution is -0.127. The fourth-order valence-electron chi connectivity index (χ4n) is 4.33. The molecule has 2 unspecified atom stereocenters. The minimum absolute atomic E-state index is 0.00151. The molecule has 2 heterocycles. The van der Waals surface area contributed by atoms with Crippen molar-refractivity contribution < 1.29 is 9.59 Å². The van der Waals surface area contributed by atoms with Gasteiger partial charge in [0.1, 0.15) is 0 Å². The second-order valence-corrected chi connectivity index (χ2v) is 8.28. The quantitative estimate of drug-likeness (QED) is 0.886. The van der Waals surface area contributed by atoms with Crippen molar-refractivity contribution in [1.29, 1.82) is 0 Å². The van der Waals surface area contributed by atoms with Gasteiger partial charge in [-0.3, -0.25) is 14.3 Å². The van der Waals surface area contributed by atoms with Crippen molar-refractivity contribution in [3.63, 3.8) is 0 Å². The Labute approximate surface area is 165 Å². The number of carbonyl (C=O) groups excluding carboxylic acids is 2. The van der Waals surface area contributed by atoms with Crippen LogP contribution in [0.5, 0.6) is 0 Å². The molecule has 2 aliphatic rings. The summed E-state index contributed by atoms with van der Waals surface area (Å²) < 4.78 is 1.90. The van der Waals surface area contributed by atoms with Gasteiger partial charge < -0.3 is 10.2 Å². The Hall–Kier alpha value is -2.63. The number of aromatic nitrogens is 2. The summed E-state index contributed by atoms with van der Waals surface area (Å²) in [6.07, 6.45) is 5.09. The highest BCUT2D eigenvalue weighted by atomic mass is 16.2. The summed E-state index contributed by atoms with van der Waals surface area (Å²) in [5.41, 5.74) is 4.40. The molecule has 1 aliphatic heterocycles. The average molecular weight is 380 g/mol. The Kier molecular flexibility index (Phi) is 4.96. The maximum absolute atomic E-state index is 12.9. The molecule has 1 fully saturated rings. The van der Waals surface area contributed by atoms with Crippen LogP contribution in [0.25, 0.3) is 0 Å². The van der Waals surface area contributed by atoms with Gasteiger partial charge in [0.15, 0.2) is 0 Å². The molecule has 0 spiro atoms. The molecule has 1 saturated heterocycles. The third kappa shape index (κ3) is 3.43. The molecule has 0 bridgehead atoms. The first-order chi connectivity index (χ1) is 13.4. The summed E-state index contributed by atoms with van der Waals surface area (Å²) in [6.45, 7) is 4.72. The van der Waals surface area contributed by atoms with E-state index in [1.54, 1.807) is 4.90 Å². The van der Waals surface area contributed by atoms with Crippen molar-refractivity contribution in [2.45, 2.75) is 51.5 Å². The van der Waals surface area contributed by atoms with E-state index in [9.17, 15) is 9.59 Å². The van der Waals surface area contributed by atoms with Crippen LogP contribution in [0.15, 0.2) is 30.5 Å². The molecule has 6 heteroatoms. The smallest absolute Gasteiger partial charge is 0.227 e. The molecule has 0 saturated carbocycles. The highest BCUT2D eigenvalue weighted by molar-refractivity contribution is 6.00. The number of fused-ring (bicyclic) bond motifs is 1. The molecule has 28 heavy (non-hydrogen) atoms. The fourth-order valence-corrected chi connectivity index (χ4v) is 4.33. The normalized spacial score (nSPS) is 21.9. The number of aryl methyl sites for hydroxylation is 1. The number of amides is 2. The van der Waals surface area contributed by atoms with Crippen LogP contribution in [-0.2, 0) is 23.1 Å². The molecule has 1 aliphatic carbocycles. The predicted octanol–water partition coefficient (Wildman–Crippen LogP) is 3.09. The van der Waals surface area contributed by atoms with E-state index in [1.165, 1.54) is 11.3 Å². The molecule has 2 atom stereocenters. The number of nitrogens with one attached hydrogen (secondary N) is 1. The molecular formula is C22H28N4O2. The Morgan fingerprint density at radius 2 is 2.14 bits per heavy atom. The first-order valence-electron chi connectivity index (χ1n) is 10.2. The van der Waals surface area contributed by atoms with Gasteiger partial charge in [-0.1, -0.05) is 26.0 Å². The van der Waals surface area contributed by atoms with Crippen LogP contribution in [-0.4, -0.2) is 28.1 Å². The van der Waals surface area contributed by atoms with Crippen molar-refractivity contribution in [2.24, 2.45) is 13.0 Å². The van der Waals surface area contributed by atoms with Crippen molar-refractivity contribution in [1.82, 2.24) is 15.1 Å². The predicted molar refractivity (Wildman–Crippen MR) is 108 cm³/mol. The Morgan fingerprint density at radius 1 is 1.32 bits per heavy atom. The molecule has 148 valence electrons.